The molecule has 4 nitrogen and oxygen atoms in total. The van der Waals surface area contributed by atoms with Gasteiger partial charge < -0.3 is 14.6 Å². The number of rotatable bonds is 6. The van der Waals surface area contributed by atoms with Crippen LogP contribution in [-0.4, -0.2) is 18.6 Å². The number of pyridine rings is 1. The van der Waals surface area contributed by atoms with Crippen molar-refractivity contribution < 1.29 is 4.42 Å². The van der Waals surface area contributed by atoms with Crippen LogP contribution in [0.15, 0.2) is 28.8 Å². The van der Waals surface area contributed by atoms with Gasteiger partial charge >= 0.3 is 0 Å². The number of aryl methyl sites for hydroxylation is 1. The second-order valence-corrected chi connectivity index (χ2v) is 5.20. The van der Waals surface area contributed by atoms with Gasteiger partial charge in [-0.15, -0.1) is 0 Å². The number of hydrogen-bond donors (Lipinski definition) is 1. The third-order valence-corrected chi connectivity index (χ3v) is 3.29. The lowest BCUT2D eigenvalue weighted by molar-refractivity contribution is 0.481. The molecule has 0 aliphatic rings. The van der Waals surface area contributed by atoms with E-state index in [9.17, 15) is 0 Å². The van der Waals surface area contributed by atoms with Gasteiger partial charge in [-0.05, 0) is 37.2 Å². The highest BCUT2D eigenvalue weighted by Crippen LogP contribution is 2.24. The van der Waals surface area contributed by atoms with Crippen molar-refractivity contribution in [3.05, 3.63) is 46.5 Å². The van der Waals surface area contributed by atoms with Crippen molar-refractivity contribution in [2.45, 2.75) is 26.9 Å². The molecule has 1 N–H and O–H groups in total. The van der Waals surface area contributed by atoms with Crippen LogP contribution >= 0.6 is 11.6 Å². The molecule has 20 heavy (non-hydrogen) atoms. The van der Waals surface area contributed by atoms with Crippen molar-refractivity contribution >= 4 is 17.4 Å². The zero-order chi connectivity index (χ0) is 14.5. The molecule has 0 saturated heterocycles. The molecule has 0 unspecified atom stereocenters. The quantitative estimate of drug-likeness (QED) is 0.886. The van der Waals surface area contributed by atoms with Gasteiger partial charge in [-0.25, -0.2) is 4.98 Å². The maximum Gasteiger partial charge on any atom is 0.147 e. The summed E-state index contributed by atoms with van der Waals surface area (Å²) in [5.41, 5.74) is 1.09. The highest BCUT2D eigenvalue weighted by molar-refractivity contribution is 6.33. The summed E-state index contributed by atoms with van der Waals surface area (Å²) in [6, 6.07) is 5.88. The fraction of sp³-hybridized carbons (Fsp3) is 0.400. The van der Waals surface area contributed by atoms with Gasteiger partial charge in [0.15, 0.2) is 0 Å². The first-order chi connectivity index (χ1) is 9.60. The van der Waals surface area contributed by atoms with Crippen LogP contribution in [0.3, 0.4) is 0 Å². The lowest BCUT2D eigenvalue weighted by atomic mass is 10.2. The molecule has 108 valence electrons. The van der Waals surface area contributed by atoms with E-state index in [1.807, 2.05) is 43.3 Å². The molecule has 0 spiro atoms. The van der Waals surface area contributed by atoms with E-state index in [1.54, 1.807) is 0 Å². The molecule has 0 radical (unpaired) electrons. The molecule has 2 rings (SSSR count). The predicted molar refractivity (Wildman–Crippen MR) is 82.2 cm³/mol. The summed E-state index contributed by atoms with van der Waals surface area (Å²) in [5.74, 6) is 2.58. The third-order valence-electron chi connectivity index (χ3n) is 3.01. The van der Waals surface area contributed by atoms with E-state index in [0.717, 1.165) is 36.0 Å². The molecule has 0 saturated carbocycles. The van der Waals surface area contributed by atoms with Crippen LogP contribution in [-0.2, 0) is 13.1 Å². The summed E-state index contributed by atoms with van der Waals surface area (Å²) < 4.78 is 5.57. The average molecular weight is 294 g/mol. The number of hydrogen-bond acceptors (Lipinski definition) is 4. The molecule has 2 aromatic heterocycles. The first-order valence-electron chi connectivity index (χ1n) is 6.71. The molecule has 2 heterocycles. The second kappa shape index (κ2) is 6.77. The Morgan fingerprint density at radius 3 is 2.80 bits per heavy atom. The molecule has 0 aromatic carbocycles. The fourth-order valence-corrected chi connectivity index (χ4v) is 2.33. The van der Waals surface area contributed by atoms with Crippen molar-refractivity contribution in [1.82, 2.24) is 10.3 Å². The average Bonchev–Trinajstić information content (AvgIpc) is 2.81. The molecule has 0 aliphatic carbocycles. The number of halogens is 1. The lowest BCUT2D eigenvalue weighted by Gasteiger charge is -2.18. The highest BCUT2D eigenvalue weighted by atomic mass is 35.5. The molecular formula is C15H20ClN3O. The lowest BCUT2D eigenvalue weighted by Crippen LogP contribution is -2.18. The summed E-state index contributed by atoms with van der Waals surface area (Å²) in [5, 5.41) is 3.91. The van der Waals surface area contributed by atoms with Gasteiger partial charge in [0.05, 0.1) is 11.6 Å². The van der Waals surface area contributed by atoms with Crippen LogP contribution < -0.4 is 10.2 Å². The number of furan rings is 1. The maximum absolute atomic E-state index is 6.31. The second-order valence-electron chi connectivity index (χ2n) is 4.80. The summed E-state index contributed by atoms with van der Waals surface area (Å²) in [6.07, 6.45) is 1.85. The maximum atomic E-state index is 6.31. The first-order valence-corrected chi connectivity index (χ1v) is 7.09. The van der Waals surface area contributed by atoms with Crippen LogP contribution in [0.4, 0.5) is 5.82 Å². The minimum absolute atomic E-state index is 0.646. The number of anilines is 1. The van der Waals surface area contributed by atoms with Crippen LogP contribution in [0.1, 0.15) is 24.0 Å². The normalized spacial score (nSPS) is 10.8. The monoisotopic (exact) mass is 293 g/mol. The Hall–Kier alpha value is -1.52. The molecule has 2 aromatic rings. The first kappa shape index (κ1) is 14.9. The Morgan fingerprint density at radius 1 is 1.40 bits per heavy atom. The van der Waals surface area contributed by atoms with Crippen LogP contribution in [0, 0.1) is 6.92 Å². The summed E-state index contributed by atoms with van der Waals surface area (Å²) >= 11 is 6.31. The topological polar surface area (TPSA) is 41.3 Å². The molecule has 0 bridgehead atoms. The highest BCUT2D eigenvalue weighted by Gasteiger charge is 2.11. The van der Waals surface area contributed by atoms with E-state index in [-0.39, 0.29) is 0 Å². The van der Waals surface area contributed by atoms with Crippen LogP contribution in [0.2, 0.25) is 5.02 Å². The summed E-state index contributed by atoms with van der Waals surface area (Å²) in [7, 11) is 1.95. The molecular weight excluding hydrogens is 274 g/mol. The molecule has 0 fully saturated rings. The zero-order valence-corrected chi connectivity index (χ0v) is 12.9. The van der Waals surface area contributed by atoms with Gasteiger partial charge in [0, 0.05) is 19.8 Å². The minimum Gasteiger partial charge on any atom is -0.464 e. The largest absolute Gasteiger partial charge is 0.464 e. The van der Waals surface area contributed by atoms with Crippen molar-refractivity contribution in [3.8, 4) is 0 Å². The third kappa shape index (κ3) is 3.74. The molecule has 0 aliphatic heterocycles. The van der Waals surface area contributed by atoms with Gasteiger partial charge in [0.2, 0.25) is 0 Å². The van der Waals surface area contributed by atoms with Crippen molar-refractivity contribution in [3.63, 3.8) is 0 Å². The zero-order valence-electron chi connectivity index (χ0n) is 12.1. The molecule has 0 atom stereocenters. The minimum atomic E-state index is 0.646. The van der Waals surface area contributed by atoms with Crippen LogP contribution in [0.25, 0.3) is 0 Å². The SMILES string of the molecule is CCNCc1cnc(N(C)Cc2ccc(C)o2)c(Cl)c1. The molecule has 0 amide bonds. The van der Waals surface area contributed by atoms with Gasteiger partial charge in [0.1, 0.15) is 17.3 Å². The smallest absolute Gasteiger partial charge is 0.147 e. The van der Waals surface area contributed by atoms with E-state index in [1.165, 1.54) is 0 Å². The Kier molecular flexibility index (Phi) is 5.04. The predicted octanol–water partition coefficient (Wildman–Crippen LogP) is 3.38. The van der Waals surface area contributed by atoms with Crippen molar-refractivity contribution in [2.75, 3.05) is 18.5 Å². The van der Waals surface area contributed by atoms with Gasteiger partial charge in [-0.3, -0.25) is 0 Å². The van der Waals surface area contributed by atoms with Crippen molar-refractivity contribution in [1.29, 1.82) is 0 Å². The van der Waals surface area contributed by atoms with E-state index >= 15 is 0 Å². The van der Waals surface area contributed by atoms with Gasteiger partial charge in [-0.1, -0.05) is 18.5 Å². The van der Waals surface area contributed by atoms with Crippen molar-refractivity contribution in [2.24, 2.45) is 0 Å². The fourth-order valence-electron chi connectivity index (χ4n) is 2.00. The van der Waals surface area contributed by atoms with Crippen LogP contribution in [0.5, 0.6) is 0 Å². The van der Waals surface area contributed by atoms with E-state index in [4.69, 9.17) is 16.0 Å². The summed E-state index contributed by atoms with van der Waals surface area (Å²) in [4.78, 5) is 6.43. The Morgan fingerprint density at radius 2 is 2.20 bits per heavy atom. The Bertz CT molecular complexity index is 568. The van der Waals surface area contributed by atoms with Gasteiger partial charge in [0.25, 0.3) is 0 Å². The van der Waals surface area contributed by atoms with Gasteiger partial charge in [-0.2, -0.15) is 0 Å². The number of aromatic nitrogens is 1. The number of nitrogens with zero attached hydrogens (tertiary/aromatic N) is 2. The molecule has 5 heteroatoms. The summed E-state index contributed by atoms with van der Waals surface area (Å²) in [6.45, 7) is 6.36. The Labute approximate surface area is 124 Å². The standard InChI is InChI=1S/C15H20ClN3O/c1-4-17-8-12-7-14(16)15(18-9-12)19(3)10-13-6-5-11(2)20-13/h5-7,9,17H,4,8,10H2,1-3H3. The van der Waals surface area contributed by atoms with E-state index in [2.05, 4.69) is 17.2 Å². The van der Waals surface area contributed by atoms with E-state index < -0.39 is 0 Å². The Balaban J connectivity index is 2.07. The van der Waals surface area contributed by atoms with E-state index in [0.29, 0.717) is 11.6 Å². The number of nitrogens with one attached hydrogen (secondary N) is 1.